The molecule has 2 aromatic rings. The van der Waals surface area contributed by atoms with E-state index in [0.29, 0.717) is 36.3 Å². The van der Waals surface area contributed by atoms with E-state index >= 15 is 0 Å². The zero-order valence-electron chi connectivity index (χ0n) is 16.8. The average molecular weight is 371 g/mol. The van der Waals surface area contributed by atoms with E-state index in [9.17, 15) is 4.79 Å². The van der Waals surface area contributed by atoms with Crippen molar-refractivity contribution in [3.8, 4) is 17.2 Å². The molecule has 0 saturated carbocycles. The lowest BCUT2D eigenvalue weighted by atomic mass is 10.0. The number of aryl methyl sites for hydroxylation is 1. The molecular formula is C22H29NO4. The Morgan fingerprint density at radius 1 is 0.963 bits per heavy atom. The molecule has 0 aliphatic rings. The van der Waals surface area contributed by atoms with Crippen LogP contribution in [-0.2, 0) is 4.79 Å². The molecule has 1 N–H and O–H groups in total. The van der Waals surface area contributed by atoms with Crippen molar-refractivity contribution < 1.29 is 19.0 Å². The van der Waals surface area contributed by atoms with Gasteiger partial charge in [0.2, 0.25) is 0 Å². The van der Waals surface area contributed by atoms with Gasteiger partial charge in [-0.25, -0.2) is 0 Å². The molecule has 0 unspecified atom stereocenters. The Hall–Kier alpha value is -2.69. The van der Waals surface area contributed by atoms with Crippen LogP contribution in [0.4, 0.5) is 5.69 Å². The number of amides is 1. The molecule has 0 aliphatic heterocycles. The van der Waals surface area contributed by atoms with Crippen LogP contribution in [0.3, 0.4) is 0 Å². The predicted molar refractivity (Wildman–Crippen MR) is 108 cm³/mol. The van der Waals surface area contributed by atoms with Gasteiger partial charge in [-0.15, -0.1) is 0 Å². The molecule has 5 nitrogen and oxygen atoms in total. The Morgan fingerprint density at radius 3 is 2.37 bits per heavy atom. The molecule has 0 fully saturated rings. The van der Waals surface area contributed by atoms with Crippen LogP contribution in [0.2, 0.25) is 0 Å². The first-order chi connectivity index (χ1) is 12.9. The Labute approximate surface area is 161 Å². The number of rotatable bonds is 9. The predicted octanol–water partition coefficient (Wildman–Crippen LogP) is 4.93. The minimum atomic E-state index is -0.249. The van der Waals surface area contributed by atoms with E-state index in [-0.39, 0.29) is 12.5 Å². The Morgan fingerprint density at radius 2 is 1.70 bits per heavy atom. The van der Waals surface area contributed by atoms with Crippen molar-refractivity contribution >= 4 is 11.6 Å². The van der Waals surface area contributed by atoms with Gasteiger partial charge < -0.3 is 19.5 Å². The van der Waals surface area contributed by atoms with E-state index in [1.165, 1.54) is 0 Å². The van der Waals surface area contributed by atoms with E-state index in [1.807, 2.05) is 39.0 Å². The second-order valence-electron chi connectivity index (χ2n) is 6.56. The topological polar surface area (TPSA) is 56.8 Å². The molecule has 0 saturated heterocycles. The summed E-state index contributed by atoms with van der Waals surface area (Å²) in [4.78, 5) is 12.4. The highest BCUT2D eigenvalue weighted by Gasteiger charge is 2.13. The van der Waals surface area contributed by atoms with Crippen LogP contribution in [0, 0.1) is 6.92 Å². The molecule has 0 aliphatic carbocycles. The van der Waals surface area contributed by atoms with Crippen LogP contribution in [0.25, 0.3) is 0 Å². The molecule has 146 valence electrons. The third-order valence-electron chi connectivity index (χ3n) is 3.99. The van der Waals surface area contributed by atoms with E-state index < -0.39 is 0 Å². The Balaban J connectivity index is 2.09. The van der Waals surface area contributed by atoms with Gasteiger partial charge in [-0.1, -0.05) is 26.0 Å². The molecule has 0 aromatic heterocycles. The number of hydrogen-bond donors (Lipinski definition) is 1. The summed E-state index contributed by atoms with van der Waals surface area (Å²) < 4.78 is 16.9. The minimum absolute atomic E-state index is 0.0758. The second-order valence-corrected chi connectivity index (χ2v) is 6.56. The Bertz CT molecular complexity index is 771. The average Bonchev–Trinajstić information content (AvgIpc) is 2.62. The molecule has 0 bridgehead atoms. The van der Waals surface area contributed by atoms with Crippen LogP contribution in [0.5, 0.6) is 17.2 Å². The van der Waals surface area contributed by atoms with Crippen LogP contribution in [-0.4, -0.2) is 25.7 Å². The van der Waals surface area contributed by atoms with Gasteiger partial charge in [0, 0.05) is 6.07 Å². The third-order valence-corrected chi connectivity index (χ3v) is 3.99. The summed E-state index contributed by atoms with van der Waals surface area (Å²) in [6, 6.07) is 11.4. The fraction of sp³-hybridized carbons (Fsp3) is 0.409. The number of hydrogen-bond acceptors (Lipinski definition) is 4. The van der Waals surface area contributed by atoms with Crippen LogP contribution >= 0.6 is 0 Å². The van der Waals surface area contributed by atoms with Gasteiger partial charge >= 0.3 is 0 Å². The third kappa shape index (κ3) is 5.91. The highest BCUT2D eigenvalue weighted by Crippen LogP contribution is 2.30. The molecule has 0 heterocycles. The summed E-state index contributed by atoms with van der Waals surface area (Å²) in [5.41, 5.74) is 2.75. The van der Waals surface area contributed by atoms with Crippen molar-refractivity contribution in [2.45, 2.75) is 40.5 Å². The number of carbonyl (C=O) groups is 1. The van der Waals surface area contributed by atoms with E-state index in [1.54, 1.807) is 12.1 Å². The quantitative estimate of drug-likeness (QED) is 0.679. The van der Waals surface area contributed by atoms with Gasteiger partial charge in [-0.05, 0) is 56.0 Å². The normalized spacial score (nSPS) is 10.6. The highest BCUT2D eigenvalue weighted by molar-refractivity contribution is 5.93. The molecule has 5 heteroatoms. The standard InChI is InChI=1S/C22H29NO4/c1-6-25-17-9-11-20(26-7-2)19(13-17)23-22(24)14-27-21-12-16(5)8-10-18(21)15(3)4/h8-13,15H,6-7,14H2,1-5H3,(H,23,24). The fourth-order valence-electron chi connectivity index (χ4n) is 2.72. The van der Waals surface area contributed by atoms with Crippen LogP contribution < -0.4 is 19.5 Å². The van der Waals surface area contributed by atoms with Crippen molar-refractivity contribution in [2.75, 3.05) is 25.1 Å². The summed E-state index contributed by atoms with van der Waals surface area (Å²) in [7, 11) is 0. The molecular weight excluding hydrogens is 342 g/mol. The van der Waals surface area contributed by atoms with Gasteiger partial charge in [-0.3, -0.25) is 4.79 Å². The number of ether oxygens (including phenoxy) is 3. The molecule has 0 atom stereocenters. The highest BCUT2D eigenvalue weighted by atomic mass is 16.5. The summed E-state index contributed by atoms with van der Waals surface area (Å²) in [6.45, 7) is 11.0. The minimum Gasteiger partial charge on any atom is -0.494 e. The summed E-state index contributed by atoms with van der Waals surface area (Å²) in [6.07, 6.45) is 0. The van der Waals surface area contributed by atoms with Gasteiger partial charge in [-0.2, -0.15) is 0 Å². The first-order valence-corrected chi connectivity index (χ1v) is 9.37. The largest absolute Gasteiger partial charge is 0.494 e. The lowest BCUT2D eigenvalue weighted by molar-refractivity contribution is -0.118. The maximum atomic E-state index is 12.4. The van der Waals surface area contributed by atoms with Gasteiger partial charge in [0.15, 0.2) is 6.61 Å². The van der Waals surface area contributed by atoms with Crippen molar-refractivity contribution in [3.05, 3.63) is 47.5 Å². The molecule has 2 rings (SSSR count). The van der Waals surface area contributed by atoms with Crippen LogP contribution in [0.1, 0.15) is 44.7 Å². The maximum absolute atomic E-state index is 12.4. The molecule has 0 radical (unpaired) electrons. The van der Waals surface area contributed by atoms with Crippen molar-refractivity contribution in [1.29, 1.82) is 0 Å². The number of anilines is 1. The molecule has 0 spiro atoms. The van der Waals surface area contributed by atoms with Gasteiger partial charge in [0.05, 0.1) is 18.9 Å². The first kappa shape index (κ1) is 20.6. The monoisotopic (exact) mass is 371 g/mol. The summed E-state index contributed by atoms with van der Waals surface area (Å²) >= 11 is 0. The van der Waals surface area contributed by atoms with Gasteiger partial charge in [0.25, 0.3) is 5.91 Å². The smallest absolute Gasteiger partial charge is 0.262 e. The van der Waals surface area contributed by atoms with E-state index in [0.717, 1.165) is 16.9 Å². The van der Waals surface area contributed by atoms with Crippen molar-refractivity contribution in [3.63, 3.8) is 0 Å². The summed E-state index contributed by atoms with van der Waals surface area (Å²) in [5.74, 6) is 2.09. The lowest BCUT2D eigenvalue weighted by Crippen LogP contribution is -2.21. The molecule has 2 aromatic carbocycles. The maximum Gasteiger partial charge on any atom is 0.262 e. The second kappa shape index (κ2) is 9.86. The van der Waals surface area contributed by atoms with Crippen molar-refractivity contribution in [1.82, 2.24) is 0 Å². The van der Waals surface area contributed by atoms with Crippen molar-refractivity contribution in [2.24, 2.45) is 0 Å². The first-order valence-electron chi connectivity index (χ1n) is 9.37. The fourth-order valence-corrected chi connectivity index (χ4v) is 2.72. The van der Waals surface area contributed by atoms with Gasteiger partial charge in [0.1, 0.15) is 17.2 Å². The SMILES string of the molecule is CCOc1ccc(OCC)c(NC(=O)COc2cc(C)ccc2C(C)C)c1. The molecule has 27 heavy (non-hydrogen) atoms. The summed E-state index contributed by atoms with van der Waals surface area (Å²) in [5, 5.41) is 2.86. The number of carbonyl (C=O) groups excluding carboxylic acids is 1. The van der Waals surface area contributed by atoms with E-state index in [2.05, 4.69) is 25.2 Å². The number of nitrogens with one attached hydrogen (secondary N) is 1. The Kier molecular flexibility index (Phi) is 7.53. The lowest BCUT2D eigenvalue weighted by Gasteiger charge is -2.16. The van der Waals surface area contributed by atoms with Crippen LogP contribution in [0.15, 0.2) is 36.4 Å². The zero-order valence-corrected chi connectivity index (χ0v) is 16.8. The number of benzene rings is 2. The molecule has 1 amide bonds. The zero-order chi connectivity index (χ0) is 19.8. The van der Waals surface area contributed by atoms with E-state index in [4.69, 9.17) is 14.2 Å².